The van der Waals surface area contributed by atoms with Gasteiger partial charge in [-0.3, -0.25) is 0 Å². The molecule has 2 aliphatic heterocycles. The van der Waals surface area contributed by atoms with Gasteiger partial charge in [0, 0.05) is 32.0 Å². The van der Waals surface area contributed by atoms with Gasteiger partial charge in [0.2, 0.25) is 0 Å². The van der Waals surface area contributed by atoms with Crippen molar-refractivity contribution in [2.24, 2.45) is 0 Å². The maximum absolute atomic E-state index is 13.1. The molecule has 8 nitrogen and oxygen atoms in total. The zero-order valence-electron chi connectivity index (χ0n) is 32.6. The summed E-state index contributed by atoms with van der Waals surface area (Å²) in [7, 11) is 0. The largest absolute Gasteiger partial charge is 0.493 e. The molecule has 0 aliphatic carbocycles. The fourth-order valence-corrected chi connectivity index (χ4v) is 6.15. The molecule has 0 radical (unpaired) electrons. The van der Waals surface area contributed by atoms with Gasteiger partial charge in [-0.1, -0.05) is 62.1 Å². The third-order valence-electron chi connectivity index (χ3n) is 9.36. The van der Waals surface area contributed by atoms with Gasteiger partial charge in [0.05, 0.1) is 25.4 Å². The van der Waals surface area contributed by atoms with Gasteiger partial charge in [-0.15, -0.1) is 0 Å². The number of unbranched alkanes of at least 4 members (excludes halogenated alkanes) is 9. The molecule has 2 aliphatic rings. The first-order valence-corrected chi connectivity index (χ1v) is 20.6. The molecular formula is C44H70O8. The first-order valence-electron chi connectivity index (χ1n) is 20.6. The lowest BCUT2D eigenvalue weighted by Gasteiger charge is -2.22. The number of hydrogen-bond donors (Lipinski definition) is 0. The van der Waals surface area contributed by atoms with Gasteiger partial charge in [-0.25, -0.2) is 4.79 Å². The lowest BCUT2D eigenvalue weighted by Crippen LogP contribution is -2.22. The minimum absolute atomic E-state index is 0.0684. The quantitative estimate of drug-likeness (QED) is 0.0458. The molecule has 0 saturated carbocycles. The summed E-state index contributed by atoms with van der Waals surface area (Å²) in [5.41, 5.74) is 1.36. The van der Waals surface area contributed by atoms with Crippen LogP contribution in [0.2, 0.25) is 0 Å². The van der Waals surface area contributed by atoms with E-state index < -0.39 is 0 Å². The van der Waals surface area contributed by atoms with Crippen molar-refractivity contribution in [2.75, 3.05) is 46.2 Å². The molecule has 2 saturated heterocycles. The van der Waals surface area contributed by atoms with Gasteiger partial charge in [0.1, 0.15) is 11.5 Å². The van der Waals surface area contributed by atoms with Gasteiger partial charge >= 0.3 is 5.97 Å². The highest BCUT2D eigenvalue weighted by Gasteiger charge is 2.17. The van der Waals surface area contributed by atoms with E-state index in [1.165, 1.54) is 25.7 Å². The van der Waals surface area contributed by atoms with Crippen molar-refractivity contribution in [3.8, 4) is 11.5 Å². The Bertz CT molecular complexity index is 1130. The highest BCUT2D eigenvalue weighted by Crippen LogP contribution is 2.31. The van der Waals surface area contributed by atoms with Crippen molar-refractivity contribution in [1.82, 2.24) is 0 Å². The minimum atomic E-state index is -0.363. The van der Waals surface area contributed by atoms with Crippen LogP contribution in [-0.4, -0.2) is 64.8 Å². The normalized spacial score (nSPS) is 18.1. The fourth-order valence-electron chi connectivity index (χ4n) is 6.15. The molecule has 2 unspecified atom stereocenters. The number of hydrogen-bond acceptors (Lipinski definition) is 8. The number of rotatable bonds is 29. The van der Waals surface area contributed by atoms with Crippen molar-refractivity contribution in [3.05, 3.63) is 59.7 Å². The minimum Gasteiger partial charge on any atom is -0.493 e. The van der Waals surface area contributed by atoms with E-state index in [9.17, 15) is 4.79 Å². The molecule has 2 atom stereocenters. The molecule has 0 N–H and O–H groups in total. The number of ether oxygens (including phenoxy) is 7. The van der Waals surface area contributed by atoms with Gasteiger partial charge in [0.15, 0.2) is 12.6 Å². The predicted octanol–water partition coefficient (Wildman–Crippen LogP) is 11.1. The van der Waals surface area contributed by atoms with E-state index in [4.69, 9.17) is 33.2 Å². The second-order valence-corrected chi connectivity index (χ2v) is 13.9. The topological polar surface area (TPSA) is 81.7 Å². The Morgan fingerprint density at radius 2 is 1.15 bits per heavy atom. The van der Waals surface area contributed by atoms with Crippen molar-refractivity contribution in [3.63, 3.8) is 0 Å². The second kappa shape index (κ2) is 29.8. The Kier molecular flexibility index (Phi) is 25.0. The molecule has 2 heterocycles. The summed E-state index contributed by atoms with van der Waals surface area (Å²) in [4.78, 5) is 13.1. The van der Waals surface area contributed by atoms with E-state index in [0.717, 1.165) is 122 Å². The molecule has 2 fully saturated rings. The van der Waals surface area contributed by atoms with Crippen LogP contribution in [0, 0.1) is 6.92 Å². The number of esters is 1. The summed E-state index contributed by atoms with van der Waals surface area (Å²) >= 11 is 0. The van der Waals surface area contributed by atoms with Crippen LogP contribution in [0.15, 0.2) is 48.6 Å². The summed E-state index contributed by atoms with van der Waals surface area (Å²) < 4.78 is 41.1. The summed E-state index contributed by atoms with van der Waals surface area (Å²) in [5, 5.41) is 0. The first-order chi connectivity index (χ1) is 25.7. The monoisotopic (exact) mass is 727 g/mol. The average molecular weight is 727 g/mol. The van der Waals surface area contributed by atoms with Gasteiger partial charge in [-0.2, -0.15) is 0 Å². The van der Waals surface area contributed by atoms with E-state index in [1.807, 2.05) is 6.92 Å². The van der Waals surface area contributed by atoms with Gasteiger partial charge in [0.25, 0.3) is 0 Å². The summed E-state index contributed by atoms with van der Waals surface area (Å²) in [6.07, 6.45) is 34.5. The van der Waals surface area contributed by atoms with Crippen LogP contribution in [-0.2, 0) is 23.7 Å². The Labute approximate surface area is 315 Å². The molecule has 1 aromatic carbocycles. The van der Waals surface area contributed by atoms with Gasteiger partial charge in [-0.05, 0) is 129 Å². The molecule has 1 aromatic rings. The molecule has 0 aromatic heterocycles. The number of carbonyl (C=O) groups excluding carboxylic acids is 1. The van der Waals surface area contributed by atoms with Crippen LogP contribution in [0.1, 0.15) is 151 Å². The number of carbonyl (C=O) groups is 1. The first kappa shape index (κ1) is 43.8. The van der Waals surface area contributed by atoms with E-state index in [0.29, 0.717) is 50.1 Å². The molecule has 294 valence electrons. The zero-order chi connectivity index (χ0) is 36.7. The zero-order valence-corrected chi connectivity index (χ0v) is 32.6. The smallest absolute Gasteiger partial charge is 0.338 e. The third-order valence-corrected chi connectivity index (χ3v) is 9.36. The van der Waals surface area contributed by atoms with E-state index >= 15 is 0 Å². The lowest BCUT2D eigenvalue weighted by atomic mass is 10.1. The lowest BCUT2D eigenvalue weighted by molar-refractivity contribution is -0.163. The van der Waals surface area contributed by atoms with Crippen molar-refractivity contribution >= 4 is 5.97 Å². The standard InChI is InChI=1S/C44H70O8/c1-3-4-5-6-7-8-9-10-11-12-13-14-15-16-17-20-29-46-40-36-39(44(45)52-35-26-25-34-51-43-28-19-22-32-49-43)37-41(38(40)2)47-30-23-24-33-50-42-27-18-21-31-48-42/h3-4,7-8,10-11,36-37,42-43H,5-6,9,12-35H2,1-2H3/b4-3+,8-7-,11-10-. The molecule has 0 amide bonds. The predicted molar refractivity (Wildman–Crippen MR) is 209 cm³/mol. The maximum Gasteiger partial charge on any atom is 0.338 e. The molecule has 8 heteroatoms. The van der Waals surface area contributed by atoms with Crippen molar-refractivity contribution < 1.29 is 38.0 Å². The Morgan fingerprint density at radius 3 is 1.75 bits per heavy atom. The van der Waals surface area contributed by atoms with Crippen molar-refractivity contribution in [1.29, 1.82) is 0 Å². The van der Waals surface area contributed by atoms with Crippen LogP contribution in [0.3, 0.4) is 0 Å². The van der Waals surface area contributed by atoms with Crippen LogP contribution >= 0.6 is 0 Å². The van der Waals surface area contributed by atoms with Crippen LogP contribution in [0.5, 0.6) is 11.5 Å². The van der Waals surface area contributed by atoms with Crippen LogP contribution in [0.4, 0.5) is 0 Å². The highest BCUT2D eigenvalue weighted by molar-refractivity contribution is 5.90. The summed E-state index contributed by atoms with van der Waals surface area (Å²) in [5.74, 6) is 0.984. The SMILES string of the molecule is C/C=C/CC/C=C\C/C=C\CCCCCCCCOc1cc(C(=O)OCCCCOC2CCCCO2)cc(OCCCCOC2CCCCO2)c1C. The average Bonchev–Trinajstić information content (AvgIpc) is 3.17. The van der Waals surface area contributed by atoms with Crippen LogP contribution in [0.25, 0.3) is 0 Å². The summed E-state index contributed by atoms with van der Waals surface area (Å²) in [6, 6.07) is 3.60. The number of allylic oxidation sites excluding steroid dienone is 6. The second-order valence-electron chi connectivity index (χ2n) is 13.9. The molecule has 0 bridgehead atoms. The molecule has 3 rings (SSSR count). The molecule has 52 heavy (non-hydrogen) atoms. The Balaban J connectivity index is 1.36. The van der Waals surface area contributed by atoms with E-state index in [-0.39, 0.29) is 18.5 Å². The van der Waals surface area contributed by atoms with Crippen molar-refractivity contribution in [2.45, 2.75) is 155 Å². The Hall–Kier alpha value is -2.65. The van der Waals surface area contributed by atoms with E-state index in [1.54, 1.807) is 12.1 Å². The Morgan fingerprint density at radius 1 is 0.635 bits per heavy atom. The maximum atomic E-state index is 13.1. The van der Waals surface area contributed by atoms with Gasteiger partial charge < -0.3 is 33.2 Å². The summed E-state index contributed by atoms with van der Waals surface area (Å²) in [6.45, 7) is 8.36. The third kappa shape index (κ3) is 20.6. The fraction of sp³-hybridized carbons (Fsp3) is 0.705. The van der Waals surface area contributed by atoms with E-state index in [2.05, 4.69) is 43.4 Å². The molecule has 0 spiro atoms. The molecular weight excluding hydrogens is 656 g/mol. The number of benzene rings is 1. The highest BCUT2D eigenvalue weighted by atomic mass is 16.7. The van der Waals surface area contributed by atoms with Crippen LogP contribution < -0.4 is 9.47 Å².